The third kappa shape index (κ3) is 4.97. The van der Waals surface area contributed by atoms with Crippen LogP contribution in [0.2, 0.25) is 0 Å². The van der Waals surface area contributed by atoms with E-state index < -0.39 is 4.92 Å². The van der Waals surface area contributed by atoms with Crippen molar-refractivity contribution in [3.05, 3.63) is 64.7 Å². The molecule has 0 spiro atoms. The minimum Gasteiger partial charge on any atom is -0.493 e. The van der Waals surface area contributed by atoms with Gasteiger partial charge in [0.1, 0.15) is 5.75 Å². The summed E-state index contributed by atoms with van der Waals surface area (Å²) in [5.41, 5.74) is 0.971. The van der Waals surface area contributed by atoms with Crippen molar-refractivity contribution < 1.29 is 14.5 Å². The van der Waals surface area contributed by atoms with Crippen LogP contribution in [0, 0.1) is 10.1 Å². The second-order valence-electron chi connectivity index (χ2n) is 6.42. The topological polar surface area (TPSA) is 75.9 Å². The minimum absolute atomic E-state index is 0.0306. The van der Waals surface area contributed by atoms with Gasteiger partial charge >= 0.3 is 6.03 Å². The Morgan fingerprint density at radius 1 is 1.00 bits per heavy atom. The van der Waals surface area contributed by atoms with Crippen LogP contribution in [0.1, 0.15) is 19.3 Å². The molecule has 0 aliphatic carbocycles. The van der Waals surface area contributed by atoms with Gasteiger partial charge in [0.15, 0.2) is 0 Å². The average molecular weight is 369 g/mol. The first-order chi connectivity index (χ1) is 13.1. The number of benzene rings is 2. The SMILES string of the molecule is O=C1N(CCCCCOc2cccc([N+](=O)[O-])c2)CCN1c1ccccc1. The molecule has 0 saturated carbocycles. The Labute approximate surface area is 158 Å². The van der Waals surface area contributed by atoms with Crippen LogP contribution in [-0.2, 0) is 0 Å². The molecule has 27 heavy (non-hydrogen) atoms. The fourth-order valence-electron chi connectivity index (χ4n) is 3.10. The van der Waals surface area contributed by atoms with Crippen LogP contribution in [-0.4, -0.2) is 42.1 Å². The van der Waals surface area contributed by atoms with Crippen LogP contribution < -0.4 is 9.64 Å². The third-order valence-corrected chi connectivity index (χ3v) is 4.53. The van der Waals surface area contributed by atoms with Crippen molar-refractivity contribution in [1.29, 1.82) is 0 Å². The van der Waals surface area contributed by atoms with E-state index in [4.69, 9.17) is 4.74 Å². The Morgan fingerprint density at radius 3 is 2.59 bits per heavy atom. The lowest BCUT2D eigenvalue weighted by atomic mass is 10.2. The standard InChI is InChI=1S/C20H23N3O4/c24-20-21(13-14-22(20)17-8-3-1-4-9-17)12-5-2-6-15-27-19-11-7-10-18(16-19)23(25)26/h1,3-4,7-11,16H,2,5-6,12-15H2. The van der Waals surface area contributed by atoms with Gasteiger partial charge < -0.3 is 9.64 Å². The van der Waals surface area contributed by atoms with Crippen molar-refractivity contribution in [2.45, 2.75) is 19.3 Å². The fourth-order valence-corrected chi connectivity index (χ4v) is 3.10. The quantitative estimate of drug-likeness (QED) is 0.379. The maximum Gasteiger partial charge on any atom is 0.324 e. The number of unbranched alkanes of at least 4 members (excludes halogenated alkanes) is 2. The van der Waals surface area contributed by atoms with E-state index in [0.717, 1.165) is 44.6 Å². The lowest BCUT2D eigenvalue weighted by Crippen LogP contribution is -2.32. The summed E-state index contributed by atoms with van der Waals surface area (Å²) in [4.78, 5) is 26.5. The zero-order valence-corrected chi connectivity index (χ0v) is 15.1. The molecule has 7 nitrogen and oxygen atoms in total. The van der Waals surface area contributed by atoms with Crippen LogP contribution in [0.15, 0.2) is 54.6 Å². The third-order valence-electron chi connectivity index (χ3n) is 4.53. The molecule has 1 aliphatic heterocycles. The molecular weight excluding hydrogens is 346 g/mol. The molecule has 2 aromatic rings. The van der Waals surface area contributed by atoms with E-state index in [1.165, 1.54) is 12.1 Å². The number of hydrogen-bond acceptors (Lipinski definition) is 4. The molecule has 1 fully saturated rings. The number of nitro benzene ring substituents is 1. The summed E-state index contributed by atoms with van der Waals surface area (Å²) in [5.74, 6) is 0.512. The highest BCUT2D eigenvalue weighted by atomic mass is 16.6. The van der Waals surface area contributed by atoms with Gasteiger partial charge in [0.05, 0.1) is 17.6 Å². The number of carbonyl (C=O) groups excluding carboxylic acids is 1. The summed E-state index contributed by atoms with van der Waals surface area (Å²) < 4.78 is 5.57. The molecule has 7 heteroatoms. The van der Waals surface area contributed by atoms with Crippen LogP contribution in [0.25, 0.3) is 0 Å². The van der Waals surface area contributed by atoms with Crippen molar-refractivity contribution >= 4 is 17.4 Å². The van der Waals surface area contributed by atoms with Gasteiger partial charge in [-0.2, -0.15) is 0 Å². The first-order valence-electron chi connectivity index (χ1n) is 9.14. The summed E-state index contributed by atoms with van der Waals surface area (Å²) in [6.07, 6.45) is 2.68. The second-order valence-corrected chi connectivity index (χ2v) is 6.42. The van der Waals surface area contributed by atoms with Crippen LogP contribution in [0.4, 0.5) is 16.2 Å². The summed E-state index contributed by atoms with van der Waals surface area (Å²) in [5, 5.41) is 10.7. The maximum absolute atomic E-state index is 12.5. The minimum atomic E-state index is -0.432. The lowest BCUT2D eigenvalue weighted by molar-refractivity contribution is -0.384. The number of para-hydroxylation sites is 1. The number of ether oxygens (including phenoxy) is 1. The lowest BCUT2D eigenvalue weighted by Gasteiger charge is -2.18. The molecule has 0 aromatic heterocycles. The molecular formula is C20H23N3O4. The van der Waals surface area contributed by atoms with E-state index in [1.54, 1.807) is 12.1 Å². The molecule has 142 valence electrons. The maximum atomic E-state index is 12.5. The van der Waals surface area contributed by atoms with Crippen LogP contribution >= 0.6 is 0 Å². The van der Waals surface area contributed by atoms with E-state index in [-0.39, 0.29) is 11.7 Å². The predicted octanol–water partition coefficient (Wildman–Crippen LogP) is 4.09. The number of carbonyl (C=O) groups is 1. The Hall–Kier alpha value is -3.09. The van der Waals surface area contributed by atoms with Gasteiger partial charge in [-0.3, -0.25) is 15.0 Å². The van der Waals surface area contributed by atoms with Gasteiger partial charge in [-0.05, 0) is 37.5 Å². The molecule has 3 rings (SSSR count). The summed E-state index contributed by atoms with van der Waals surface area (Å²) in [6, 6.07) is 16.0. The van der Waals surface area contributed by atoms with Crippen molar-refractivity contribution in [3.8, 4) is 5.75 Å². The summed E-state index contributed by atoms with van der Waals surface area (Å²) in [6.45, 7) is 2.71. The molecule has 0 bridgehead atoms. The normalized spacial score (nSPS) is 13.9. The fraction of sp³-hybridized carbons (Fsp3) is 0.350. The number of nitrogens with zero attached hydrogens (tertiary/aromatic N) is 3. The Kier molecular flexibility index (Phi) is 6.25. The summed E-state index contributed by atoms with van der Waals surface area (Å²) in [7, 11) is 0. The highest BCUT2D eigenvalue weighted by Crippen LogP contribution is 2.21. The molecule has 0 radical (unpaired) electrons. The molecule has 0 N–H and O–H groups in total. The van der Waals surface area contributed by atoms with Gasteiger partial charge in [-0.1, -0.05) is 24.3 Å². The first-order valence-corrected chi connectivity index (χ1v) is 9.14. The molecule has 0 atom stereocenters. The zero-order chi connectivity index (χ0) is 19.1. The summed E-state index contributed by atoms with van der Waals surface area (Å²) >= 11 is 0. The number of urea groups is 1. The Morgan fingerprint density at radius 2 is 1.81 bits per heavy atom. The Bertz CT molecular complexity index is 782. The smallest absolute Gasteiger partial charge is 0.324 e. The van der Waals surface area contributed by atoms with Gasteiger partial charge in [-0.15, -0.1) is 0 Å². The van der Waals surface area contributed by atoms with E-state index in [1.807, 2.05) is 40.1 Å². The van der Waals surface area contributed by atoms with Crippen LogP contribution in [0.3, 0.4) is 0 Å². The molecule has 1 aliphatic rings. The predicted molar refractivity (Wildman–Crippen MR) is 103 cm³/mol. The van der Waals surface area contributed by atoms with Crippen molar-refractivity contribution in [2.24, 2.45) is 0 Å². The number of hydrogen-bond donors (Lipinski definition) is 0. The monoisotopic (exact) mass is 369 g/mol. The number of nitro groups is 1. The number of non-ortho nitro benzene ring substituents is 1. The molecule has 1 heterocycles. The second kappa shape index (κ2) is 9.02. The van der Waals surface area contributed by atoms with E-state index in [9.17, 15) is 14.9 Å². The highest BCUT2D eigenvalue weighted by Gasteiger charge is 2.28. The van der Waals surface area contributed by atoms with Gasteiger partial charge in [0, 0.05) is 31.4 Å². The molecule has 0 unspecified atom stereocenters. The largest absolute Gasteiger partial charge is 0.493 e. The highest BCUT2D eigenvalue weighted by molar-refractivity contribution is 5.94. The number of amides is 2. The van der Waals surface area contributed by atoms with Crippen LogP contribution in [0.5, 0.6) is 5.75 Å². The average Bonchev–Trinajstić information content (AvgIpc) is 3.06. The van der Waals surface area contributed by atoms with E-state index in [2.05, 4.69) is 0 Å². The Balaban J connectivity index is 1.34. The van der Waals surface area contributed by atoms with Crippen molar-refractivity contribution in [1.82, 2.24) is 4.90 Å². The zero-order valence-electron chi connectivity index (χ0n) is 15.1. The number of rotatable bonds is 9. The molecule has 2 aromatic carbocycles. The van der Waals surface area contributed by atoms with Gasteiger partial charge in [0.25, 0.3) is 5.69 Å². The van der Waals surface area contributed by atoms with Crippen molar-refractivity contribution in [3.63, 3.8) is 0 Å². The van der Waals surface area contributed by atoms with E-state index in [0.29, 0.717) is 12.4 Å². The van der Waals surface area contributed by atoms with Gasteiger partial charge in [0.2, 0.25) is 0 Å². The van der Waals surface area contributed by atoms with Crippen molar-refractivity contribution in [2.75, 3.05) is 31.1 Å². The van der Waals surface area contributed by atoms with Gasteiger partial charge in [-0.25, -0.2) is 4.79 Å². The molecule has 2 amide bonds. The van der Waals surface area contributed by atoms with E-state index >= 15 is 0 Å². The number of anilines is 1. The molecule has 1 saturated heterocycles. The first kappa shape index (κ1) is 18.7.